The number of hydrogen-bond donors (Lipinski definition) is 2. The number of methoxy groups -OCH3 is 1. The number of hydrogen-bond acceptors (Lipinski definition) is 4. The van der Waals surface area contributed by atoms with E-state index < -0.39 is 5.91 Å². The number of nitrogens with one attached hydrogen (secondary N) is 2. The van der Waals surface area contributed by atoms with Crippen LogP contribution in [0.4, 0.5) is 0 Å². The summed E-state index contributed by atoms with van der Waals surface area (Å²) in [5.74, 6) is 0.290. The predicted molar refractivity (Wildman–Crippen MR) is 69.0 cm³/mol. The molecule has 0 fully saturated rings. The Hall–Kier alpha value is -2.63. The molecular formula is C13H13N3O3. The van der Waals surface area contributed by atoms with Crippen molar-refractivity contribution in [2.45, 2.75) is 6.54 Å². The van der Waals surface area contributed by atoms with E-state index in [1.807, 2.05) is 24.3 Å². The normalized spacial score (nSPS) is 9.95. The highest BCUT2D eigenvalue weighted by Gasteiger charge is 2.08. The second-order valence-corrected chi connectivity index (χ2v) is 3.79. The van der Waals surface area contributed by atoms with Crippen molar-refractivity contribution in [2.75, 3.05) is 7.11 Å². The van der Waals surface area contributed by atoms with Crippen molar-refractivity contribution in [3.63, 3.8) is 0 Å². The molecule has 98 valence electrons. The summed E-state index contributed by atoms with van der Waals surface area (Å²) in [5, 5.41) is 2.68. The molecular weight excluding hydrogens is 246 g/mol. The first-order valence-corrected chi connectivity index (χ1v) is 5.65. The maximum atomic E-state index is 11.8. The van der Waals surface area contributed by atoms with Crippen molar-refractivity contribution >= 4 is 5.91 Å². The van der Waals surface area contributed by atoms with Crippen LogP contribution in [0.25, 0.3) is 0 Å². The zero-order chi connectivity index (χ0) is 13.7. The first-order chi connectivity index (χ1) is 9.20. The summed E-state index contributed by atoms with van der Waals surface area (Å²) in [4.78, 5) is 29.0. The SMILES string of the molecule is COc1ccccc1CNC(=O)c1cc(=O)[nH]cn1. The highest BCUT2D eigenvalue weighted by Crippen LogP contribution is 2.16. The maximum Gasteiger partial charge on any atom is 0.270 e. The van der Waals surface area contributed by atoms with Gasteiger partial charge in [0.2, 0.25) is 0 Å². The van der Waals surface area contributed by atoms with Crippen LogP contribution in [0, 0.1) is 0 Å². The molecule has 0 saturated carbocycles. The molecule has 1 aromatic carbocycles. The fourth-order valence-electron chi connectivity index (χ4n) is 1.61. The summed E-state index contributed by atoms with van der Waals surface area (Å²) in [6, 6.07) is 8.52. The molecule has 0 aliphatic carbocycles. The van der Waals surface area contributed by atoms with E-state index in [4.69, 9.17) is 4.74 Å². The van der Waals surface area contributed by atoms with E-state index in [-0.39, 0.29) is 11.3 Å². The van der Waals surface area contributed by atoms with Gasteiger partial charge in [-0.25, -0.2) is 4.98 Å². The average Bonchev–Trinajstić information content (AvgIpc) is 2.45. The Bertz CT molecular complexity index is 637. The monoisotopic (exact) mass is 259 g/mol. The van der Waals surface area contributed by atoms with Gasteiger partial charge < -0.3 is 15.0 Å². The van der Waals surface area contributed by atoms with Crippen LogP contribution in [0.15, 0.2) is 41.5 Å². The molecule has 0 saturated heterocycles. The number of carbonyl (C=O) groups excluding carboxylic acids is 1. The average molecular weight is 259 g/mol. The van der Waals surface area contributed by atoms with Crippen LogP contribution in [0.1, 0.15) is 16.1 Å². The lowest BCUT2D eigenvalue weighted by Gasteiger charge is -2.08. The van der Waals surface area contributed by atoms with Crippen molar-refractivity contribution in [3.8, 4) is 5.75 Å². The van der Waals surface area contributed by atoms with Gasteiger partial charge in [0.15, 0.2) is 0 Å². The molecule has 0 spiro atoms. The van der Waals surface area contributed by atoms with Crippen molar-refractivity contribution in [1.29, 1.82) is 0 Å². The molecule has 0 atom stereocenters. The highest BCUT2D eigenvalue weighted by molar-refractivity contribution is 5.92. The van der Waals surface area contributed by atoms with Gasteiger partial charge in [-0.3, -0.25) is 9.59 Å². The van der Waals surface area contributed by atoms with Crippen molar-refractivity contribution in [3.05, 3.63) is 58.3 Å². The number of H-pyrrole nitrogens is 1. The largest absolute Gasteiger partial charge is 0.496 e. The number of aromatic nitrogens is 2. The Morgan fingerprint density at radius 1 is 1.42 bits per heavy atom. The highest BCUT2D eigenvalue weighted by atomic mass is 16.5. The predicted octanol–water partition coefficient (Wildman–Crippen LogP) is 0.709. The molecule has 0 radical (unpaired) electrons. The number of benzene rings is 1. The van der Waals surface area contributed by atoms with Crippen LogP contribution >= 0.6 is 0 Å². The van der Waals surface area contributed by atoms with Gasteiger partial charge in [0.1, 0.15) is 11.4 Å². The van der Waals surface area contributed by atoms with Crippen molar-refractivity contribution < 1.29 is 9.53 Å². The molecule has 2 N–H and O–H groups in total. The van der Waals surface area contributed by atoms with E-state index in [9.17, 15) is 9.59 Å². The lowest BCUT2D eigenvalue weighted by atomic mass is 10.2. The summed E-state index contributed by atoms with van der Waals surface area (Å²) in [5.41, 5.74) is 0.569. The van der Waals surface area contributed by atoms with E-state index >= 15 is 0 Å². The van der Waals surface area contributed by atoms with Gasteiger partial charge in [0.25, 0.3) is 11.5 Å². The van der Waals surface area contributed by atoms with E-state index in [2.05, 4.69) is 15.3 Å². The molecule has 19 heavy (non-hydrogen) atoms. The lowest BCUT2D eigenvalue weighted by Crippen LogP contribution is -2.25. The quantitative estimate of drug-likeness (QED) is 0.847. The van der Waals surface area contributed by atoms with Gasteiger partial charge in [0, 0.05) is 18.2 Å². The van der Waals surface area contributed by atoms with Crippen LogP contribution in [0.3, 0.4) is 0 Å². The Morgan fingerprint density at radius 3 is 2.95 bits per heavy atom. The summed E-state index contributed by atoms with van der Waals surface area (Å²) in [7, 11) is 1.57. The molecule has 0 unspecified atom stereocenters. The van der Waals surface area contributed by atoms with Crippen LogP contribution in [-0.2, 0) is 6.54 Å². The standard InChI is InChI=1S/C13H13N3O3/c1-19-11-5-3-2-4-9(11)7-14-13(18)10-6-12(17)16-8-15-10/h2-6,8H,7H2,1H3,(H,14,18)(H,15,16,17). The van der Waals surface area contributed by atoms with Crippen LogP contribution < -0.4 is 15.6 Å². The number of carbonyl (C=O) groups is 1. The Labute approximate surface area is 109 Å². The molecule has 2 aromatic rings. The van der Waals surface area contributed by atoms with Gasteiger partial charge in [-0.1, -0.05) is 18.2 Å². The first kappa shape index (κ1) is 12.8. The number of nitrogens with zero attached hydrogens (tertiary/aromatic N) is 1. The maximum absolute atomic E-state index is 11.8. The number of rotatable bonds is 4. The van der Waals surface area contributed by atoms with E-state index in [0.29, 0.717) is 12.3 Å². The minimum atomic E-state index is -0.406. The molecule has 6 heteroatoms. The second-order valence-electron chi connectivity index (χ2n) is 3.79. The van der Waals surface area contributed by atoms with Gasteiger partial charge >= 0.3 is 0 Å². The number of amides is 1. The molecule has 1 aromatic heterocycles. The molecule has 6 nitrogen and oxygen atoms in total. The van der Waals surface area contributed by atoms with Crippen molar-refractivity contribution in [2.24, 2.45) is 0 Å². The molecule has 0 aliphatic rings. The zero-order valence-electron chi connectivity index (χ0n) is 10.3. The third-order valence-corrected chi connectivity index (χ3v) is 2.54. The summed E-state index contributed by atoms with van der Waals surface area (Å²) < 4.78 is 5.18. The topological polar surface area (TPSA) is 84.1 Å². The van der Waals surface area contributed by atoms with Gasteiger partial charge in [-0.05, 0) is 6.07 Å². The summed E-state index contributed by atoms with van der Waals surface area (Å²) in [6.07, 6.45) is 1.19. The third kappa shape index (κ3) is 3.19. The van der Waals surface area contributed by atoms with E-state index in [0.717, 1.165) is 11.6 Å². The van der Waals surface area contributed by atoms with Gasteiger partial charge in [0.05, 0.1) is 13.4 Å². The van der Waals surface area contributed by atoms with Crippen LogP contribution in [0.2, 0.25) is 0 Å². The summed E-state index contributed by atoms with van der Waals surface area (Å²) in [6.45, 7) is 0.303. The molecule has 0 bridgehead atoms. The molecule has 2 rings (SSSR count). The first-order valence-electron chi connectivity index (χ1n) is 5.65. The van der Waals surface area contributed by atoms with Crippen molar-refractivity contribution in [1.82, 2.24) is 15.3 Å². The molecule has 1 heterocycles. The lowest BCUT2D eigenvalue weighted by molar-refractivity contribution is 0.0945. The Kier molecular flexibility index (Phi) is 3.92. The summed E-state index contributed by atoms with van der Waals surface area (Å²) >= 11 is 0. The second kappa shape index (κ2) is 5.81. The fourth-order valence-corrected chi connectivity index (χ4v) is 1.61. The molecule has 0 aliphatic heterocycles. The zero-order valence-corrected chi connectivity index (χ0v) is 10.3. The third-order valence-electron chi connectivity index (χ3n) is 2.54. The number of ether oxygens (including phenoxy) is 1. The van der Waals surface area contributed by atoms with Crippen LogP contribution in [-0.4, -0.2) is 23.0 Å². The van der Waals surface area contributed by atoms with E-state index in [1.54, 1.807) is 7.11 Å². The Balaban J connectivity index is 2.06. The fraction of sp³-hybridized carbons (Fsp3) is 0.154. The minimum Gasteiger partial charge on any atom is -0.496 e. The van der Waals surface area contributed by atoms with Gasteiger partial charge in [-0.2, -0.15) is 0 Å². The number of para-hydroxylation sites is 1. The van der Waals surface area contributed by atoms with Crippen LogP contribution in [0.5, 0.6) is 5.75 Å². The number of aromatic amines is 1. The molecule has 1 amide bonds. The van der Waals surface area contributed by atoms with E-state index in [1.165, 1.54) is 6.33 Å². The minimum absolute atomic E-state index is 0.0821. The Morgan fingerprint density at radius 2 is 2.21 bits per heavy atom. The van der Waals surface area contributed by atoms with Gasteiger partial charge in [-0.15, -0.1) is 0 Å². The smallest absolute Gasteiger partial charge is 0.270 e.